The molecule has 0 aromatic carbocycles. The van der Waals surface area contributed by atoms with Gasteiger partial charge >= 0.3 is 0 Å². The van der Waals surface area contributed by atoms with Crippen molar-refractivity contribution < 1.29 is 0 Å². The summed E-state index contributed by atoms with van der Waals surface area (Å²) >= 11 is 5.25. The van der Waals surface area contributed by atoms with Crippen molar-refractivity contribution in [1.82, 2.24) is 19.7 Å². The lowest BCUT2D eigenvalue weighted by Crippen LogP contribution is -2.28. The summed E-state index contributed by atoms with van der Waals surface area (Å²) in [7, 11) is 4.16. The molecule has 0 aliphatic heterocycles. The summed E-state index contributed by atoms with van der Waals surface area (Å²) in [5, 5.41) is 7.00. The van der Waals surface area contributed by atoms with Gasteiger partial charge in [0.05, 0.1) is 6.04 Å². The molecule has 1 N–H and O–H groups in total. The van der Waals surface area contributed by atoms with Gasteiger partial charge < -0.3 is 4.90 Å². The fourth-order valence-electron chi connectivity index (χ4n) is 1.74. The van der Waals surface area contributed by atoms with E-state index < -0.39 is 0 Å². The first-order valence-corrected chi connectivity index (χ1v) is 5.62. The highest BCUT2D eigenvalue weighted by Crippen LogP contribution is 2.19. The number of hydrogen-bond acceptors (Lipinski definition) is 3. The first kappa shape index (κ1) is 12.4. The monoisotopic (exact) mass is 228 g/mol. The fraction of sp³-hybridized carbons (Fsp3) is 0.800. The number of rotatable bonds is 4. The number of hydrogen-bond donors (Lipinski definition) is 1. The quantitative estimate of drug-likeness (QED) is 0.801. The van der Waals surface area contributed by atoms with Gasteiger partial charge in [0.2, 0.25) is 0 Å². The van der Waals surface area contributed by atoms with Crippen molar-refractivity contribution in [2.24, 2.45) is 5.92 Å². The summed E-state index contributed by atoms with van der Waals surface area (Å²) in [6, 6.07) is 0.381. The Hall–Kier alpha value is -0.680. The summed E-state index contributed by atoms with van der Waals surface area (Å²) in [4.78, 5) is 2.18. The largest absolute Gasteiger partial charge is 0.307 e. The Morgan fingerprint density at radius 1 is 1.47 bits per heavy atom. The lowest BCUT2D eigenvalue weighted by molar-refractivity contribution is 0.264. The van der Waals surface area contributed by atoms with E-state index in [9.17, 15) is 0 Å². The first-order chi connectivity index (χ1) is 6.93. The molecule has 1 unspecified atom stereocenters. The molecule has 0 radical (unpaired) electrons. The van der Waals surface area contributed by atoms with Crippen molar-refractivity contribution >= 4 is 12.2 Å². The van der Waals surface area contributed by atoms with Gasteiger partial charge in [-0.2, -0.15) is 5.10 Å². The fourth-order valence-corrected chi connectivity index (χ4v) is 2.05. The lowest BCUT2D eigenvalue weighted by Gasteiger charge is -2.26. The second kappa shape index (κ2) is 4.90. The molecule has 1 aromatic heterocycles. The van der Waals surface area contributed by atoms with Gasteiger partial charge in [-0.3, -0.25) is 9.67 Å². The summed E-state index contributed by atoms with van der Waals surface area (Å²) in [5.41, 5.74) is 0. The van der Waals surface area contributed by atoms with Crippen LogP contribution in [-0.4, -0.2) is 40.3 Å². The predicted molar refractivity (Wildman–Crippen MR) is 64.6 cm³/mol. The van der Waals surface area contributed by atoms with E-state index in [2.05, 4.69) is 47.6 Å². The molecule has 1 atom stereocenters. The van der Waals surface area contributed by atoms with Crippen molar-refractivity contribution in [3.8, 4) is 0 Å². The number of nitrogens with one attached hydrogen (secondary N) is 1. The number of H-pyrrole nitrogens is 1. The zero-order valence-electron chi connectivity index (χ0n) is 10.1. The number of nitrogens with zero attached hydrogens (tertiary/aromatic N) is 3. The standard InChI is InChI=1S/C10H20N4S/c1-7(2)9(6-13(4)5)14-8(3)11-12-10(14)15/h7,9H,6H2,1-5H3,(H,12,15). The van der Waals surface area contributed by atoms with E-state index in [1.165, 1.54) is 0 Å². The number of likely N-dealkylation sites (N-methyl/N-ethyl adjacent to an activating group) is 1. The molecule has 1 aromatic rings. The summed E-state index contributed by atoms with van der Waals surface area (Å²) in [6.45, 7) is 7.38. The molecule has 0 aliphatic rings. The van der Waals surface area contributed by atoms with Crippen molar-refractivity contribution in [1.29, 1.82) is 0 Å². The Morgan fingerprint density at radius 3 is 2.40 bits per heavy atom. The van der Waals surface area contributed by atoms with E-state index in [0.717, 1.165) is 12.4 Å². The van der Waals surface area contributed by atoms with E-state index >= 15 is 0 Å². The third kappa shape index (κ3) is 2.89. The molecule has 5 heteroatoms. The minimum Gasteiger partial charge on any atom is -0.307 e. The van der Waals surface area contributed by atoms with Gasteiger partial charge in [0, 0.05) is 6.54 Å². The van der Waals surface area contributed by atoms with Crippen LogP contribution in [-0.2, 0) is 0 Å². The molecule has 15 heavy (non-hydrogen) atoms. The van der Waals surface area contributed by atoms with Gasteiger partial charge in [-0.05, 0) is 39.2 Å². The molecule has 0 spiro atoms. The van der Waals surface area contributed by atoms with Crippen molar-refractivity contribution in [2.75, 3.05) is 20.6 Å². The van der Waals surface area contributed by atoms with E-state index in [-0.39, 0.29) is 0 Å². The molecule has 0 fully saturated rings. The Kier molecular flexibility index (Phi) is 4.04. The van der Waals surface area contributed by atoms with E-state index in [1.807, 2.05) is 6.92 Å². The van der Waals surface area contributed by atoms with Crippen molar-refractivity contribution in [3.63, 3.8) is 0 Å². The maximum atomic E-state index is 5.25. The molecule has 1 rings (SSSR count). The second-order valence-electron chi connectivity index (χ2n) is 4.52. The Morgan fingerprint density at radius 2 is 2.07 bits per heavy atom. The van der Waals surface area contributed by atoms with Gasteiger partial charge in [-0.1, -0.05) is 13.8 Å². The summed E-state index contributed by atoms with van der Waals surface area (Å²) in [5.74, 6) is 1.50. The van der Waals surface area contributed by atoms with E-state index in [0.29, 0.717) is 16.7 Å². The minimum atomic E-state index is 0.381. The molecule has 0 bridgehead atoms. The molecule has 0 saturated carbocycles. The normalized spacial score (nSPS) is 13.8. The Bertz CT molecular complexity index is 364. The van der Waals surface area contributed by atoms with Crippen LogP contribution in [0.4, 0.5) is 0 Å². The molecule has 86 valence electrons. The average molecular weight is 228 g/mol. The van der Waals surface area contributed by atoms with Gasteiger partial charge in [0.1, 0.15) is 5.82 Å². The highest BCUT2D eigenvalue weighted by molar-refractivity contribution is 7.71. The van der Waals surface area contributed by atoms with Crippen LogP contribution in [0.3, 0.4) is 0 Å². The molecular formula is C10H20N4S. The predicted octanol–water partition coefficient (Wildman–Crippen LogP) is 2.01. The Balaban J connectivity index is 3.04. The van der Waals surface area contributed by atoms with Gasteiger partial charge in [-0.15, -0.1) is 0 Å². The molecule has 4 nitrogen and oxygen atoms in total. The second-order valence-corrected chi connectivity index (χ2v) is 4.91. The summed E-state index contributed by atoms with van der Waals surface area (Å²) < 4.78 is 2.83. The van der Waals surface area contributed by atoms with E-state index in [4.69, 9.17) is 12.2 Å². The van der Waals surface area contributed by atoms with Crippen molar-refractivity contribution in [2.45, 2.75) is 26.8 Å². The molecular weight excluding hydrogens is 208 g/mol. The molecule has 1 heterocycles. The van der Waals surface area contributed by atoms with Crippen LogP contribution in [0.5, 0.6) is 0 Å². The highest BCUT2D eigenvalue weighted by atomic mass is 32.1. The van der Waals surface area contributed by atoms with Crippen LogP contribution in [0, 0.1) is 17.6 Å². The number of aryl methyl sites for hydroxylation is 1. The number of aromatic nitrogens is 3. The van der Waals surface area contributed by atoms with Gasteiger partial charge in [0.15, 0.2) is 4.77 Å². The van der Waals surface area contributed by atoms with Crippen LogP contribution in [0.15, 0.2) is 0 Å². The highest BCUT2D eigenvalue weighted by Gasteiger charge is 2.19. The Labute approximate surface area is 96.3 Å². The SMILES string of the molecule is Cc1n[nH]c(=S)n1C(CN(C)C)C(C)C. The van der Waals surface area contributed by atoms with Crippen molar-refractivity contribution in [3.05, 3.63) is 10.6 Å². The molecule has 0 amide bonds. The van der Waals surface area contributed by atoms with Crippen LogP contribution in [0.1, 0.15) is 25.7 Å². The minimum absolute atomic E-state index is 0.381. The van der Waals surface area contributed by atoms with E-state index in [1.54, 1.807) is 0 Å². The lowest BCUT2D eigenvalue weighted by atomic mass is 10.0. The maximum absolute atomic E-state index is 5.25. The smallest absolute Gasteiger partial charge is 0.195 e. The van der Waals surface area contributed by atoms with Crippen LogP contribution >= 0.6 is 12.2 Å². The zero-order chi connectivity index (χ0) is 11.6. The third-order valence-corrected chi connectivity index (χ3v) is 2.82. The van der Waals surface area contributed by atoms with Crippen LogP contribution < -0.4 is 0 Å². The topological polar surface area (TPSA) is 36.9 Å². The summed E-state index contributed by atoms with van der Waals surface area (Å²) in [6.07, 6.45) is 0. The average Bonchev–Trinajstić information content (AvgIpc) is 2.42. The first-order valence-electron chi connectivity index (χ1n) is 5.21. The third-order valence-electron chi connectivity index (χ3n) is 2.53. The van der Waals surface area contributed by atoms with Crippen LogP contribution in [0.2, 0.25) is 0 Å². The van der Waals surface area contributed by atoms with Gasteiger partial charge in [-0.25, -0.2) is 0 Å². The number of aromatic amines is 1. The molecule has 0 aliphatic carbocycles. The maximum Gasteiger partial charge on any atom is 0.195 e. The van der Waals surface area contributed by atoms with Gasteiger partial charge in [0.25, 0.3) is 0 Å². The zero-order valence-corrected chi connectivity index (χ0v) is 10.9. The molecule has 0 saturated heterocycles. The van der Waals surface area contributed by atoms with Crippen LogP contribution in [0.25, 0.3) is 0 Å².